The number of benzene rings is 1. The Balaban J connectivity index is 1.71. The molecule has 2 saturated heterocycles. The van der Waals surface area contributed by atoms with E-state index in [1.165, 1.54) is 12.3 Å². The quantitative estimate of drug-likeness (QED) is 0.760. The van der Waals surface area contributed by atoms with E-state index in [9.17, 15) is 14.9 Å². The van der Waals surface area contributed by atoms with Gasteiger partial charge in [-0.3, -0.25) is 4.79 Å². The summed E-state index contributed by atoms with van der Waals surface area (Å²) in [5, 5.41) is 13.6. The van der Waals surface area contributed by atoms with Gasteiger partial charge in [0, 0.05) is 31.4 Å². The maximum Gasteiger partial charge on any atom is 0.343 e. The summed E-state index contributed by atoms with van der Waals surface area (Å²) in [6, 6.07) is 3.75. The highest BCUT2D eigenvalue weighted by atomic mass is 19.1. The second-order valence-electron chi connectivity index (χ2n) is 8.69. The predicted octanol–water partition coefficient (Wildman–Crippen LogP) is 2.71. The van der Waals surface area contributed by atoms with Crippen molar-refractivity contribution in [1.82, 2.24) is 9.88 Å². The first-order valence-corrected chi connectivity index (χ1v) is 11.0. The molecule has 5 rings (SSSR count). The summed E-state index contributed by atoms with van der Waals surface area (Å²) in [4.78, 5) is 27.4. The molecule has 2 aliphatic heterocycles. The van der Waals surface area contributed by atoms with Crippen LogP contribution in [0.3, 0.4) is 0 Å². The summed E-state index contributed by atoms with van der Waals surface area (Å²) < 4.78 is 22.3. The molecule has 0 radical (unpaired) electrons. The number of ether oxygens (including phenoxy) is 1. The Morgan fingerprint density at radius 3 is 2.84 bits per heavy atom. The molecule has 2 atom stereocenters. The van der Waals surface area contributed by atoms with Gasteiger partial charge in [0.15, 0.2) is 0 Å². The first-order valence-electron chi connectivity index (χ1n) is 11.0. The summed E-state index contributed by atoms with van der Waals surface area (Å²) in [7, 11) is 0. The number of esters is 1. The van der Waals surface area contributed by atoms with Crippen molar-refractivity contribution < 1.29 is 13.9 Å². The minimum Gasteiger partial charge on any atom is -0.462 e. The Morgan fingerprint density at radius 1 is 1.35 bits per heavy atom. The molecule has 1 aromatic carbocycles. The smallest absolute Gasteiger partial charge is 0.343 e. The molecule has 0 spiro atoms. The van der Waals surface area contributed by atoms with Crippen LogP contribution in [0.15, 0.2) is 17.1 Å². The van der Waals surface area contributed by atoms with Crippen LogP contribution in [0.2, 0.25) is 0 Å². The topological polar surface area (TPSA) is 87.4 Å². The lowest BCUT2D eigenvalue weighted by atomic mass is 9.94. The van der Waals surface area contributed by atoms with Gasteiger partial charge in [0.1, 0.15) is 23.0 Å². The van der Waals surface area contributed by atoms with Crippen molar-refractivity contribution in [1.29, 1.82) is 5.26 Å². The van der Waals surface area contributed by atoms with Crippen molar-refractivity contribution in [2.75, 3.05) is 31.1 Å². The Morgan fingerprint density at radius 2 is 2.16 bits per heavy atom. The SMILES string of the molecule is CCOC(=O)c1cn(C2CC2)c2c(C#N)c(N3CC4CCCNC4C3)c(F)cc2c1=O. The predicted molar refractivity (Wildman–Crippen MR) is 114 cm³/mol. The normalized spacial score (nSPS) is 22.9. The molecule has 0 bridgehead atoms. The summed E-state index contributed by atoms with van der Waals surface area (Å²) in [6.07, 6.45) is 5.44. The van der Waals surface area contributed by atoms with E-state index in [1.54, 1.807) is 6.92 Å². The summed E-state index contributed by atoms with van der Waals surface area (Å²) in [5.74, 6) is -0.892. The van der Waals surface area contributed by atoms with Gasteiger partial charge in [-0.2, -0.15) is 5.26 Å². The van der Waals surface area contributed by atoms with Crippen LogP contribution in [0.25, 0.3) is 10.9 Å². The van der Waals surface area contributed by atoms with Crippen LogP contribution in [0.1, 0.15) is 54.6 Å². The van der Waals surface area contributed by atoms with Crippen molar-refractivity contribution in [2.45, 2.75) is 44.7 Å². The zero-order valence-electron chi connectivity index (χ0n) is 17.5. The summed E-state index contributed by atoms with van der Waals surface area (Å²) in [5.41, 5.74) is 0.150. The Bertz CT molecular complexity index is 1150. The van der Waals surface area contributed by atoms with E-state index in [4.69, 9.17) is 4.74 Å². The standard InChI is InChI=1S/C23H25FN4O3/c1-2-31-23(30)17-11-28(14-5-6-14)20-15(22(17)29)8-18(24)21(16(20)9-25)27-10-13-4-3-7-26-19(13)12-27/h8,11,13-14,19,26H,2-7,10,12H2,1H3. The molecule has 7 nitrogen and oxygen atoms in total. The molecule has 1 N–H and O–H groups in total. The molecular formula is C23H25FN4O3. The summed E-state index contributed by atoms with van der Waals surface area (Å²) in [6.45, 7) is 4.08. The van der Waals surface area contributed by atoms with Crippen molar-refractivity contribution in [3.05, 3.63) is 39.4 Å². The van der Waals surface area contributed by atoms with Gasteiger partial charge < -0.3 is 19.5 Å². The molecule has 1 aromatic heterocycles. The number of nitrogens with zero attached hydrogens (tertiary/aromatic N) is 3. The number of nitriles is 1. The number of rotatable bonds is 4. The molecule has 8 heteroatoms. The third kappa shape index (κ3) is 3.28. The van der Waals surface area contributed by atoms with Crippen LogP contribution in [-0.4, -0.2) is 42.8 Å². The van der Waals surface area contributed by atoms with Gasteiger partial charge in [-0.15, -0.1) is 0 Å². The number of fused-ring (bicyclic) bond motifs is 2. The number of hydrogen-bond acceptors (Lipinski definition) is 6. The number of hydrogen-bond donors (Lipinski definition) is 1. The van der Waals surface area contributed by atoms with Gasteiger partial charge in [0.05, 0.1) is 23.2 Å². The highest BCUT2D eigenvalue weighted by Gasteiger charge is 2.37. The van der Waals surface area contributed by atoms with E-state index >= 15 is 4.39 Å². The molecule has 0 amide bonds. The maximum atomic E-state index is 15.4. The molecule has 1 saturated carbocycles. The second kappa shape index (κ2) is 7.65. The number of nitrogens with one attached hydrogen (secondary N) is 1. The largest absolute Gasteiger partial charge is 0.462 e. The lowest BCUT2D eigenvalue weighted by Gasteiger charge is -2.24. The molecule has 3 heterocycles. The zero-order valence-corrected chi connectivity index (χ0v) is 17.5. The fourth-order valence-electron chi connectivity index (χ4n) is 5.12. The van der Waals surface area contributed by atoms with Crippen LogP contribution in [0, 0.1) is 23.1 Å². The fourth-order valence-corrected chi connectivity index (χ4v) is 5.12. The lowest BCUT2D eigenvalue weighted by molar-refractivity contribution is 0.0524. The van der Waals surface area contributed by atoms with E-state index in [1.807, 2.05) is 9.47 Å². The third-order valence-electron chi connectivity index (χ3n) is 6.70. The maximum absolute atomic E-state index is 15.4. The summed E-state index contributed by atoms with van der Waals surface area (Å²) >= 11 is 0. The minimum absolute atomic E-state index is 0.0602. The molecule has 2 unspecified atom stereocenters. The van der Waals surface area contributed by atoms with Gasteiger partial charge in [0.25, 0.3) is 0 Å². The van der Waals surface area contributed by atoms with E-state index in [-0.39, 0.29) is 40.9 Å². The molecule has 1 aliphatic carbocycles. The Labute approximate surface area is 179 Å². The fraction of sp³-hybridized carbons (Fsp3) is 0.522. The minimum atomic E-state index is -0.721. The Hall–Kier alpha value is -2.92. The molecule has 3 aliphatic rings. The molecule has 31 heavy (non-hydrogen) atoms. The van der Waals surface area contributed by atoms with Crippen molar-refractivity contribution >= 4 is 22.6 Å². The third-order valence-corrected chi connectivity index (χ3v) is 6.70. The number of carbonyl (C=O) groups is 1. The average molecular weight is 424 g/mol. The monoisotopic (exact) mass is 424 g/mol. The van der Waals surface area contributed by atoms with Crippen molar-refractivity contribution in [2.24, 2.45) is 5.92 Å². The van der Waals surface area contributed by atoms with E-state index in [0.29, 0.717) is 24.5 Å². The number of anilines is 1. The van der Waals surface area contributed by atoms with Gasteiger partial charge in [-0.05, 0) is 51.1 Å². The van der Waals surface area contributed by atoms with E-state index in [0.717, 1.165) is 32.2 Å². The number of halogens is 1. The van der Waals surface area contributed by atoms with Gasteiger partial charge in [0.2, 0.25) is 5.43 Å². The van der Waals surface area contributed by atoms with E-state index in [2.05, 4.69) is 11.4 Å². The van der Waals surface area contributed by atoms with Crippen molar-refractivity contribution in [3.8, 4) is 6.07 Å². The van der Waals surface area contributed by atoms with E-state index < -0.39 is 17.2 Å². The van der Waals surface area contributed by atoms with Crippen LogP contribution >= 0.6 is 0 Å². The van der Waals surface area contributed by atoms with Crippen LogP contribution < -0.4 is 15.6 Å². The number of aromatic nitrogens is 1. The van der Waals surface area contributed by atoms with Gasteiger partial charge in [-0.1, -0.05) is 0 Å². The molecule has 162 valence electrons. The number of piperidine rings is 1. The number of pyridine rings is 1. The lowest BCUT2D eigenvalue weighted by Crippen LogP contribution is -2.40. The van der Waals surface area contributed by atoms with Gasteiger partial charge >= 0.3 is 5.97 Å². The van der Waals surface area contributed by atoms with Crippen LogP contribution in [-0.2, 0) is 4.74 Å². The zero-order chi connectivity index (χ0) is 21.7. The van der Waals surface area contributed by atoms with Gasteiger partial charge in [-0.25, -0.2) is 9.18 Å². The molecule has 3 fully saturated rings. The Kier molecular flexibility index (Phi) is 4.94. The first-order chi connectivity index (χ1) is 15.0. The van der Waals surface area contributed by atoms with Crippen LogP contribution in [0.4, 0.5) is 10.1 Å². The first kappa shape index (κ1) is 20.0. The van der Waals surface area contributed by atoms with Crippen LogP contribution in [0.5, 0.6) is 0 Å². The number of carbonyl (C=O) groups excluding carboxylic acids is 1. The average Bonchev–Trinajstić information content (AvgIpc) is 3.51. The highest BCUT2D eigenvalue weighted by Crippen LogP contribution is 2.41. The highest BCUT2D eigenvalue weighted by molar-refractivity contribution is 5.97. The second-order valence-corrected chi connectivity index (χ2v) is 8.69. The molecule has 2 aromatic rings. The molecular weight excluding hydrogens is 399 g/mol. The van der Waals surface area contributed by atoms with Crippen molar-refractivity contribution in [3.63, 3.8) is 0 Å².